The summed E-state index contributed by atoms with van der Waals surface area (Å²) in [5, 5.41) is 0. The molecular formula is C10H12Cl2U. The third-order valence-corrected chi connectivity index (χ3v) is 7.63. The van der Waals surface area contributed by atoms with Gasteiger partial charge in [0.05, 0.1) is 0 Å². The molecule has 3 heteroatoms. The molecule has 13 heavy (non-hydrogen) atoms. The van der Waals surface area contributed by atoms with E-state index in [0.29, 0.717) is 0 Å². The Labute approximate surface area is 106 Å². The minimum Gasteiger partial charge on any atom is -0.147 e. The van der Waals surface area contributed by atoms with E-state index >= 15 is 0 Å². The third kappa shape index (κ3) is 4.09. The largest absolute Gasteiger partial charge is 0.147 e. The van der Waals surface area contributed by atoms with Gasteiger partial charge in [-0.1, -0.05) is 0 Å². The Hall–Kier alpha value is 0.592. The minimum atomic E-state index is -0.656. The molecule has 0 aromatic heterocycles. The molecule has 70 valence electrons. The van der Waals surface area contributed by atoms with Crippen molar-refractivity contribution >= 4 is 24.8 Å². The summed E-state index contributed by atoms with van der Waals surface area (Å²) in [7, 11) is 0. The van der Waals surface area contributed by atoms with Crippen molar-refractivity contribution in [3.8, 4) is 0 Å². The van der Waals surface area contributed by atoms with Gasteiger partial charge in [0.2, 0.25) is 0 Å². The molecule has 0 aromatic rings. The van der Waals surface area contributed by atoms with Crippen molar-refractivity contribution in [2.24, 2.45) is 0 Å². The molecule has 0 heterocycles. The van der Waals surface area contributed by atoms with Crippen LogP contribution in [0.5, 0.6) is 0 Å². The summed E-state index contributed by atoms with van der Waals surface area (Å²) in [5.41, 5.74) is 0. The van der Waals surface area contributed by atoms with Gasteiger partial charge in [0.15, 0.2) is 0 Å². The van der Waals surface area contributed by atoms with E-state index in [0.717, 1.165) is 0 Å². The molecular weight excluding hydrogens is 429 g/mol. The summed E-state index contributed by atoms with van der Waals surface area (Å²) < 4.78 is 3.53. The molecule has 0 saturated heterocycles. The predicted molar refractivity (Wildman–Crippen MR) is 58.2 cm³/mol. The number of rotatable bonds is 2. The smallest absolute Gasteiger partial charge is 0.147 e. The van der Waals surface area contributed by atoms with Crippen LogP contribution in [0.2, 0.25) is 0 Å². The molecule has 0 N–H and O–H groups in total. The van der Waals surface area contributed by atoms with Crippen molar-refractivity contribution in [3.63, 3.8) is 0 Å². The van der Waals surface area contributed by atoms with Gasteiger partial charge in [0, 0.05) is 0 Å². The van der Waals surface area contributed by atoms with Crippen LogP contribution in [0, 0.1) is 27.7 Å². The predicted octanol–water partition coefficient (Wildman–Crippen LogP) is 3.60. The second-order valence-corrected chi connectivity index (χ2v) is 9.16. The van der Waals surface area contributed by atoms with Gasteiger partial charge in [0.25, 0.3) is 0 Å². The maximum absolute atomic E-state index is 2.33. The van der Waals surface area contributed by atoms with Crippen LogP contribution < -0.4 is 0 Å². The molecule has 0 spiro atoms. The zero-order chi connectivity index (χ0) is 7.52. The maximum atomic E-state index is 2.33. The molecule has 0 radical (unpaired) electrons. The van der Waals surface area contributed by atoms with E-state index < -0.39 is 27.7 Å². The SMILES string of the molecule is C1=CC[C]([U][C]2=CC=CC2)=C1.Cl.Cl. The molecule has 0 aromatic carbocycles. The first-order valence-electron chi connectivity index (χ1n) is 3.93. The summed E-state index contributed by atoms with van der Waals surface area (Å²) >= 11 is -0.656. The number of allylic oxidation sites excluding steroid dienone is 8. The van der Waals surface area contributed by atoms with E-state index in [4.69, 9.17) is 0 Å². The van der Waals surface area contributed by atoms with Gasteiger partial charge in [-0.15, -0.1) is 24.8 Å². The molecule has 2 aliphatic rings. The van der Waals surface area contributed by atoms with E-state index in [1.54, 1.807) is 5.21 Å². The average Bonchev–Trinajstić information content (AvgIpc) is 2.60. The van der Waals surface area contributed by atoms with Gasteiger partial charge in [-0.3, -0.25) is 0 Å². The Morgan fingerprint density at radius 2 is 1.31 bits per heavy atom. The van der Waals surface area contributed by atoms with Crippen LogP contribution in [0.15, 0.2) is 41.7 Å². The Balaban J connectivity index is 0.000000720. The van der Waals surface area contributed by atoms with Gasteiger partial charge in [0.1, 0.15) is 0 Å². The van der Waals surface area contributed by atoms with Crippen LogP contribution in [0.1, 0.15) is 12.8 Å². The monoisotopic (exact) mass is 440 g/mol. The average molecular weight is 441 g/mol. The fourth-order valence-electron chi connectivity index (χ4n) is 1.29. The number of hydrogen-bond donors (Lipinski definition) is 0. The fourth-order valence-corrected chi connectivity index (χ4v) is 6.33. The van der Waals surface area contributed by atoms with Crippen LogP contribution in [0.4, 0.5) is 0 Å². The van der Waals surface area contributed by atoms with Crippen molar-refractivity contribution in [2.75, 3.05) is 0 Å². The molecule has 0 bridgehead atoms. The maximum Gasteiger partial charge on any atom is -0.147 e. The summed E-state index contributed by atoms with van der Waals surface area (Å²) in [6.45, 7) is 0. The standard InChI is InChI=1S/2C5H5.2ClH.U/c2*1-2-4-5-3-1;;;/h2*1-3H,4H2;2*1H;. The summed E-state index contributed by atoms with van der Waals surface area (Å²) in [6.07, 6.45) is 16.1. The topological polar surface area (TPSA) is 0 Å². The van der Waals surface area contributed by atoms with Crippen molar-refractivity contribution < 1.29 is 27.7 Å². The van der Waals surface area contributed by atoms with E-state index in [1.807, 2.05) is 0 Å². The second-order valence-electron chi connectivity index (χ2n) is 2.77. The van der Waals surface area contributed by atoms with E-state index in [2.05, 4.69) is 36.5 Å². The molecule has 2 rings (SSSR count). The van der Waals surface area contributed by atoms with Gasteiger partial charge in [-0.05, 0) is 0 Å². The van der Waals surface area contributed by atoms with Crippen LogP contribution in [0.25, 0.3) is 0 Å². The fraction of sp³-hybridized carbons (Fsp3) is 0.200. The van der Waals surface area contributed by atoms with Crippen LogP contribution in [-0.2, 0) is 0 Å². The normalized spacial score (nSPS) is 16.9. The number of halogens is 2. The van der Waals surface area contributed by atoms with Crippen LogP contribution in [0.3, 0.4) is 0 Å². The first kappa shape index (κ1) is 13.6. The molecule has 2 aliphatic carbocycles. The van der Waals surface area contributed by atoms with Crippen molar-refractivity contribution in [2.45, 2.75) is 12.8 Å². The Morgan fingerprint density at radius 1 is 0.846 bits per heavy atom. The Kier molecular flexibility index (Phi) is 7.28. The summed E-state index contributed by atoms with van der Waals surface area (Å²) in [5.74, 6) is 0. The van der Waals surface area contributed by atoms with E-state index in [1.165, 1.54) is 12.8 Å². The van der Waals surface area contributed by atoms with Crippen molar-refractivity contribution in [1.82, 2.24) is 0 Å². The van der Waals surface area contributed by atoms with Crippen LogP contribution in [-0.4, -0.2) is 0 Å². The van der Waals surface area contributed by atoms with Crippen molar-refractivity contribution in [3.05, 3.63) is 41.7 Å². The number of hydrogen-bond acceptors (Lipinski definition) is 0. The second kappa shape index (κ2) is 6.96. The van der Waals surface area contributed by atoms with Crippen molar-refractivity contribution in [1.29, 1.82) is 0 Å². The Morgan fingerprint density at radius 3 is 1.62 bits per heavy atom. The Bertz CT molecular complexity index is 247. The zero-order valence-corrected chi connectivity index (χ0v) is 13.0. The van der Waals surface area contributed by atoms with Gasteiger partial charge >= 0.3 is 82.2 Å². The van der Waals surface area contributed by atoms with Gasteiger partial charge < -0.3 is 0 Å². The first-order valence-corrected chi connectivity index (χ1v) is 8.10. The van der Waals surface area contributed by atoms with E-state index in [9.17, 15) is 0 Å². The molecule has 0 unspecified atom stereocenters. The molecule has 0 nitrogen and oxygen atoms in total. The molecule has 0 saturated carbocycles. The van der Waals surface area contributed by atoms with E-state index in [-0.39, 0.29) is 24.8 Å². The minimum absolute atomic E-state index is 0. The molecule has 0 amide bonds. The van der Waals surface area contributed by atoms with Crippen LogP contribution >= 0.6 is 24.8 Å². The summed E-state index contributed by atoms with van der Waals surface area (Å²) in [4.78, 5) is 0. The zero-order valence-electron chi connectivity index (χ0n) is 7.19. The molecule has 0 aliphatic heterocycles. The van der Waals surface area contributed by atoms with Gasteiger partial charge in [-0.25, -0.2) is 0 Å². The van der Waals surface area contributed by atoms with Gasteiger partial charge in [-0.2, -0.15) is 0 Å². The summed E-state index contributed by atoms with van der Waals surface area (Å²) in [6, 6.07) is 0. The third-order valence-electron chi connectivity index (χ3n) is 1.86. The molecule has 0 atom stereocenters. The quantitative estimate of drug-likeness (QED) is 0.615. The molecule has 0 fully saturated rings. The first-order chi connectivity index (χ1) is 5.45.